The first-order valence-electron chi connectivity index (χ1n) is 6.33. The van der Waals surface area contributed by atoms with Gasteiger partial charge in [0.05, 0.1) is 7.11 Å². The van der Waals surface area contributed by atoms with Crippen LogP contribution in [0.5, 0.6) is 0 Å². The maximum absolute atomic E-state index is 11.9. The predicted octanol–water partition coefficient (Wildman–Crippen LogP) is 2.35. The second-order valence-electron chi connectivity index (χ2n) is 5.53. The molecule has 16 heavy (non-hydrogen) atoms. The molecule has 0 aromatic carbocycles. The van der Waals surface area contributed by atoms with Crippen molar-refractivity contribution in [1.29, 1.82) is 0 Å². The molecule has 94 valence electrons. The van der Waals surface area contributed by atoms with E-state index in [0.717, 1.165) is 38.1 Å². The number of ether oxygens (including phenoxy) is 1. The predicted molar refractivity (Wildman–Crippen MR) is 65.2 cm³/mol. The summed E-state index contributed by atoms with van der Waals surface area (Å²) >= 11 is 0. The van der Waals surface area contributed by atoms with Gasteiger partial charge in [-0.1, -0.05) is 20.8 Å². The number of methoxy groups -OCH3 is 1. The van der Waals surface area contributed by atoms with Gasteiger partial charge in [0.1, 0.15) is 5.54 Å². The molecule has 0 aromatic heterocycles. The van der Waals surface area contributed by atoms with Crippen molar-refractivity contribution in [3.8, 4) is 0 Å². The quantitative estimate of drug-likeness (QED) is 0.749. The summed E-state index contributed by atoms with van der Waals surface area (Å²) in [7, 11) is 1.49. The molecule has 0 heterocycles. The van der Waals surface area contributed by atoms with Crippen LogP contribution in [0.4, 0.5) is 0 Å². The molecular formula is C13H25NO2. The van der Waals surface area contributed by atoms with Crippen molar-refractivity contribution in [2.24, 2.45) is 11.8 Å². The van der Waals surface area contributed by atoms with Gasteiger partial charge < -0.3 is 10.1 Å². The van der Waals surface area contributed by atoms with Crippen molar-refractivity contribution in [1.82, 2.24) is 5.32 Å². The van der Waals surface area contributed by atoms with E-state index >= 15 is 0 Å². The van der Waals surface area contributed by atoms with Gasteiger partial charge in [-0.3, -0.25) is 4.79 Å². The van der Waals surface area contributed by atoms with Crippen LogP contribution in [0.15, 0.2) is 0 Å². The maximum atomic E-state index is 11.9. The summed E-state index contributed by atoms with van der Waals surface area (Å²) in [5.74, 6) is 1.21. The topological polar surface area (TPSA) is 38.3 Å². The lowest BCUT2D eigenvalue weighted by molar-refractivity contribution is -0.150. The molecule has 0 bridgehead atoms. The van der Waals surface area contributed by atoms with Gasteiger partial charge in [0.2, 0.25) is 0 Å². The number of hydrogen-bond acceptors (Lipinski definition) is 3. The van der Waals surface area contributed by atoms with E-state index in [-0.39, 0.29) is 5.97 Å². The molecule has 0 spiro atoms. The third-order valence-electron chi connectivity index (χ3n) is 3.55. The summed E-state index contributed by atoms with van der Waals surface area (Å²) in [5.41, 5.74) is -0.411. The van der Waals surface area contributed by atoms with E-state index in [1.54, 1.807) is 0 Å². The highest BCUT2D eigenvalue weighted by molar-refractivity contribution is 5.80. The Morgan fingerprint density at radius 3 is 2.44 bits per heavy atom. The highest BCUT2D eigenvalue weighted by Crippen LogP contribution is 2.32. The van der Waals surface area contributed by atoms with Gasteiger partial charge in [-0.25, -0.2) is 0 Å². The summed E-state index contributed by atoms with van der Waals surface area (Å²) in [6, 6.07) is 0. The number of rotatable bonds is 4. The van der Waals surface area contributed by atoms with Gasteiger partial charge in [0.25, 0.3) is 0 Å². The summed E-state index contributed by atoms with van der Waals surface area (Å²) in [6.45, 7) is 7.44. The highest BCUT2D eigenvalue weighted by atomic mass is 16.5. The Hall–Kier alpha value is -0.570. The minimum absolute atomic E-state index is 0.0833. The van der Waals surface area contributed by atoms with E-state index < -0.39 is 5.54 Å². The summed E-state index contributed by atoms with van der Waals surface area (Å²) in [5, 5.41) is 3.43. The van der Waals surface area contributed by atoms with Crippen molar-refractivity contribution in [2.75, 3.05) is 13.7 Å². The Kier molecular flexibility index (Phi) is 4.78. The molecule has 1 aliphatic rings. The van der Waals surface area contributed by atoms with Gasteiger partial charge in [0, 0.05) is 0 Å². The molecule has 1 fully saturated rings. The number of carbonyl (C=O) groups is 1. The zero-order valence-corrected chi connectivity index (χ0v) is 11.0. The van der Waals surface area contributed by atoms with Gasteiger partial charge in [-0.05, 0) is 44.1 Å². The lowest BCUT2D eigenvalue weighted by Crippen LogP contribution is -2.55. The van der Waals surface area contributed by atoms with Crippen molar-refractivity contribution in [3.63, 3.8) is 0 Å². The van der Waals surface area contributed by atoms with Crippen LogP contribution in [0.3, 0.4) is 0 Å². The molecule has 0 aliphatic heterocycles. The second-order valence-corrected chi connectivity index (χ2v) is 5.53. The molecule has 1 rings (SSSR count). The number of hydrogen-bond donors (Lipinski definition) is 1. The first kappa shape index (κ1) is 13.5. The smallest absolute Gasteiger partial charge is 0.326 e. The third kappa shape index (κ3) is 3.21. The highest BCUT2D eigenvalue weighted by Gasteiger charge is 2.41. The van der Waals surface area contributed by atoms with Crippen LogP contribution in [0.2, 0.25) is 0 Å². The minimum Gasteiger partial charge on any atom is -0.468 e. The lowest BCUT2D eigenvalue weighted by atomic mass is 9.77. The zero-order valence-electron chi connectivity index (χ0n) is 11.0. The number of carbonyl (C=O) groups excluding carboxylic acids is 1. The van der Waals surface area contributed by atoms with Crippen molar-refractivity contribution in [3.05, 3.63) is 0 Å². The van der Waals surface area contributed by atoms with Crippen molar-refractivity contribution < 1.29 is 9.53 Å². The van der Waals surface area contributed by atoms with Gasteiger partial charge in [0.15, 0.2) is 0 Å². The Labute approximate surface area is 98.9 Å². The average molecular weight is 227 g/mol. The summed E-state index contributed by atoms with van der Waals surface area (Å²) in [4.78, 5) is 11.9. The van der Waals surface area contributed by atoms with Crippen LogP contribution in [0.1, 0.15) is 46.5 Å². The van der Waals surface area contributed by atoms with E-state index in [0.29, 0.717) is 5.92 Å². The van der Waals surface area contributed by atoms with Crippen LogP contribution in [-0.4, -0.2) is 25.2 Å². The van der Waals surface area contributed by atoms with E-state index in [1.807, 2.05) is 0 Å². The molecular weight excluding hydrogens is 202 g/mol. The summed E-state index contributed by atoms with van der Waals surface area (Å²) < 4.78 is 4.96. The van der Waals surface area contributed by atoms with Crippen LogP contribution in [0.25, 0.3) is 0 Å². The first-order valence-corrected chi connectivity index (χ1v) is 6.33. The minimum atomic E-state index is -0.411. The maximum Gasteiger partial charge on any atom is 0.326 e. The van der Waals surface area contributed by atoms with Crippen LogP contribution in [0, 0.1) is 11.8 Å². The Bertz CT molecular complexity index is 230. The third-order valence-corrected chi connectivity index (χ3v) is 3.55. The molecule has 0 saturated heterocycles. The molecule has 0 unspecified atom stereocenters. The Morgan fingerprint density at radius 1 is 1.44 bits per heavy atom. The molecule has 0 aromatic rings. The van der Waals surface area contributed by atoms with E-state index in [1.165, 1.54) is 7.11 Å². The molecule has 0 atom stereocenters. The number of esters is 1. The Balaban J connectivity index is 2.65. The molecule has 0 amide bonds. The van der Waals surface area contributed by atoms with E-state index in [9.17, 15) is 4.79 Å². The van der Waals surface area contributed by atoms with Crippen LogP contribution >= 0.6 is 0 Å². The lowest BCUT2D eigenvalue weighted by Gasteiger charge is -2.38. The molecule has 3 nitrogen and oxygen atoms in total. The van der Waals surface area contributed by atoms with Gasteiger partial charge in [-0.2, -0.15) is 0 Å². The summed E-state index contributed by atoms with van der Waals surface area (Å²) in [6.07, 6.45) is 4.04. The molecule has 1 N–H and O–H groups in total. The van der Waals surface area contributed by atoms with E-state index in [2.05, 4.69) is 26.1 Å². The fraction of sp³-hybridized carbons (Fsp3) is 0.923. The zero-order chi connectivity index (χ0) is 12.2. The molecule has 0 radical (unpaired) electrons. The van der Waals surface area contributed by atoms with Gasteiger partial charge >= 0.3 is 5.97 Å². The van der Waals surface area contributed by atoms with Gasteiger partial charge in [-0.15, -0.1) is 0 Å². The molecule has 1 aliphatic carbocycles. The van der Waals surface area contributed by atoms with Crippen LogP contribution in [-0.2, 0) is 9.53 Å². The standard InChI is InChI=1S/C13H25NO2/c1-10(2)9-14-13(12(15)16-4)7-5-11(3)6-8-13/h10-11,14H,5-9H2,1-4H3. The normalized spacial score (nSPS) is 30.4. The average Bonchev–Trinajstić information content (AvgIpc) is 2.28. The molecule has 1 saturated carbocycles. The van der Waals surface area contributed by atoms with Crippen molar-refractivity contribution >= 4 is 5.97 Å². The largest absolute Gasteiger partial charge is 0.468 e. The van der Waals surface area contributed by atoms with Crippen LogP contribution < -0.4 is 5.32 Å². The fourth-order valence-electron chi connectivity index (χ4n) is 2.30. The Morgan fingerprint density at radius 2 is 2.00 bits per heavy atom. The SMILES string of the molecule is COC(=O)C1(NCC(C)C)CCC(C)CC1. The first-order chi connectivity index (χ1) is 7.50. The monoisotopic (exact) mass is 227 g/mol. The molecule has 3 heteroatoms. The second kappa shape index (κ2) is 5.67. The number of nitrogens with one attached hydrogen (secondary N) is 1. The van der Waals surface area contributed by atoms with E-state index in [4.69, 9.17) is 4.74 Å². The van der Waals surface area contributed by atoms with Crippen molar-refractivity contribution in [2.45, 2.75) is 52.0 Å². The fourth-order valence-corrected chi connectivity index (χ4v) is 2.30.